The normalized spacial score (nSPS) is 42.1. The Balaban J connectivity index is 0.773. The van der Waals surface area contributed by atoms with E-state index >= 15 is 8.42 Å². The highest BCUT2D eigenvalue weighted by molar-refractivity contribution is 7.92. The lowest BCUT2D eigenvalue weighted by atomic mass is 9.67. The maximum atomic E-state index is 17.6. The molecule has 12 saturated carbocycles. The van der Waals surface area contributed by atoms with Crippen LogP contribution in [0.4, 0.5) is 0 Å². The predicted molar refractivity (Wildman–Crippen MR) is 379 cm³/mol. The van der Waals surface area contributed by atoms with Gasteiger partial charge in [0.15, 0.2) is 0 Å². The van der Waals surface area contributed by atoms with Gasteiger partial charge >= 0.3 is 0 Å². The fourth-order valence-electron chi connectivity index (χ4n) is 32.3. The second-order valence-electron chi connectivity index (χ2n) is 39.2. The molecule has 12 atom stereocenters. The van der Waals surface area contributed by atoms with Crippen LogP contribution in [-0.4, -0.2) is 17.6 Å². The van der Waals surface area contributed by atoms with Gasteiger partial charge < -0.3 is 9.13 Å². The van der Waals surface area contributed by atoms with E-state index < -0.39 is 9.84 Å². The Labute approximate surface area is 561 Å². The second-order valence-corrected chi connectivity index (χ2v) is 41.0. The van der Waals surface area contributed by atoms with E-state index in [0.717, 1.165) is 93.9 Å². The van der Waals surface area contributed by atoms with Crippen molar-refractivity contribution in [2.75, 3.05) is 0 Å². The molecule has 12 fully saturated rings. The highest BCUT2D eigenvalue weighted by Gasteiger charge is 2.55. The third kappa shape index (κ3) is 6.76. The van der Waals surface area contributed by atoms with E-state index in [2.05, 4.69) is 69.8 Å². The minimum atomic E-state index is -3.93. The molecule has 0 spiro atoms. The molecule has 0 radical (unpaired) electrons. The molecule has 24 aliphatic carbocycles. The highest BCUT2D eigenvalue weighted by atomic mass is 32.2. The van der Waals surface area contributed by atoms with Crippen LogP contribution < -0.4 is 0 Å². The van der Waals surface area contributed by atoms with Gasteiger partial charge in [-0.1, -0.05) is 0 Å². The summed E-state index contributed by atoms with van der Waals surface area (Å²) in [6.45, 7) is 0. The minimum absolute atomic E-state index is 0.278. The van der Waals surface area contributed by atoms with E-state index in [1.807, 2.05) is 0 Å². The zero-order chi connectivity index (χ0) is 60.8. The topological polar surface area (TPSA) is 44.0 Å². The molecule has 12 unspecified atom stereocenters. The van der Waals surface area contributed by atoms with E-state index in [0.29, 0.717) is 82.9 Å². The van der Waals surface area contributed by atoms with Crippen molar-refractivity contribution >= 4 is 53.4 Å². The lowest BCUT2D eigenvalue weighted by Crippen LogP contribution is -2.26. The van der Waals surface area contributed by atoms with Gasteiger partial charge in [0.05, 0.1) is 43.2 Å². The number of nitrogens with zero attached hydrogens (tertiary/aromatic N) is 2. The molecule has 0 amide bonds. The van der Waals surface area contributed by atoms with Gasteiger partial charge in [-0.15, -0.1) is 0 Å². The lowest BCUT2D eigenvalue weighted by Gasteiger charge is -2.38. The SMILES string of the molecule is O=S1(=O)c2c(cc(-n3c4cc5c(cc4c4cc6c(cc43)C3CC4CC(CC6C4)C3)C3CC4CC(C3)CC5C4)c3c2C2CC4CC(CC3C4)C2)-c2cc(-n3c4cc5c(cc4c4cc6c(cc43)C3CC4CC(CC6C4)C3)C3CC4CC(C3)CC5C4)c3c(c21)C1CC2CC(CC3C2)C1. The van der Waals surface area contributed by atoms with Crippen molar-refractivity contribution in [2.24, 2.45) is 71.0 Å². The van der Waals surface area contributed by atoms with Crippen molar-refractivity contribution in [3.05, 3.63) is 127 Å². The van der Waals surface area contributed by atoms with Crippen molar-refractivity contribution in [3.63, 3.8) is 0 Å². The third-order valence-corrected chi connectivity index (χ3v) is 36.3. The van der Waals surface area contributed by atoms with Gasteiger partial charge in [-0.25, -0.2) is 8.42 Å². The van der Waals surface area contributed by atoms with Crippen LogP contribution in [0.2, 0.25) is 0 Å². The molecule has 95 heavy (non-hydrogen) atoms. The molecule has 25 aliphatic rings. The highest BCUT2D eigenvalue weighted by Crippen LogP contribution is 2.69. The number of aromatic nitrogens is 2. The molecule has 2 aromatic heterocycles. The van der Waals surface area contributed by atoms with Gasteiger partial charge in [-0.3, -0.25) is 0 Å². The van der Waals surface area contributed by atoms with Gasteiger partial charge in [0.25, 0.3) is 0 Å². The Kier molecular flexibility index (Phi) is 9.85. The first kappa shape index (κ1) is 52.9. The summed E-state index contributed by atoms with van der Waals surface area (Å²) in [5.41, 5.74) is 30.1. The first-order chi connectivity index (χ1) is 46.6. The molecule has 24 bridgehead atoms. The summed E-state index contributed by atoms with van der Waals surface area (Å²) >= 11 is 0. The van der Waals surface area contributed by atoms with E-state index in [-0.39, 0.29) is 11.8 Å². The molecule has 482 valence electrons. The summed E-state index contributed by atoms with van der Waals surface area (Å²) in [6.07, 6.45) is 40.1. The molecule has 33 rings (SSSR count). The summed E-state index contributed by atoms with van der Waals surface area (Å²) in [6, 6.07) is 28.0. The molecule has 1 aliphatic heterocycles. The number of benzene rings is 6. The largest absolute Gasteiger partial charge is 0.309 e. The smallest absolute Gasteiger partial charge is 0.208 e. The Bertz CT molecular complexity index is 4480. The Morgan fingerprint density at radius 1 is 0.221 bits per heavy atom. The summed E-state index contributed by atoms with van der Waals surface area (Å²) < 4.78 is 41.0. The van der Waals surface area contributed by atoms with Crippen LogP contribution in [0.25, 0.3) is 66.1 Å². The van der Waals surface area contributed by atoms with Crippen LogP contribution in [-0.2, 0) is 9.84 Å². The number of rotatable bonds is 2. The first-order valence-electron chi connectivity index (χ1n) is 40.6. The van der Waals surface area contributed by atoms with Gasteiger partial charge in [0.1, 0.15) is 0 Å². The van der Waals surface area contributed by atoms with Crippen LogP contribution in [0.15, 0.2) is 70.5 Å². The van der Waals surface area contributed by atoms with Crippen molar-refractivity contribution in [3.8, 4) is 22.5 Å². The summed E-state index contributed by atoms with van der Waals surface area (Å²) in [7, 11) is -3.93. The molecule has 6 aromatic carbocycles. The Morgan fingerprint density at radius 3 is 0.632 bits per heavy atom. The van der Waals surface area contributed by atoms with Crippen LogP contribution in [0, 0.1) is 71.0 Å². The average Bonchev–Trinajstić information content (AvgIpc) is 1.52. The van der Waals surface area contributed by atoms with Gasteiger partial charge in [0, 0.05) is 32.7 Å². The van der Waals surface area contributed by atoms with Crippen molar-refractivity contribution in [2.45, 2.75) is 273 Å². The fourth-order valence-corrected chi connectivity index (χ4v) is 34.5. The summed E-state index contributed by atoms with van der Waals surface area (Å²) in [5, 5.41) is 6.04. The standard InChI is InChI=1S/C90H94N2O2S/c93-95(94)89-77(39-83(85-61-23-49-5-50(24-61)28-63(27-49)87(85)89)91-79-35-69-57-15-41-1-42(16-57)8-53(7-41)65(69)31-73(79)74-32-66-54-9-43-2-44(10-54)18-58(17-43)70(66)36-80(74)91)78-40-84(86-62-25-51-6-52(26-62)30-64(29-51)88(86)90(78)95)92-81-37-71-59-19-45-3-46(20-59)12-55(11-45)67(71)33-75(81)76-34-68-56-13-47-4-48(14-56)22-60(21-47)72(68)38-82(76)92/h31-64H,1-30H2. The van der Waals surface area contributed by atoms with E-state index in [9.17, 15) is 0 Å². The fraction of sp³-hybridized carbons (Fsp3) is 0.600. The zero-order valence-corrected chi connectivity index (χ0v) is 56.8. The second kappa shape index (κ2) is 17.7. The third-order valence-electron chi connectivity index (χ3n) is 34.3. The minimum Gasteiger partial charge on any atom is -0.309 e. The molecular weight excluding hydrogens is 1170 g/mol. The Morgan fingerprint density at radius 2 is 0.411 bits per heavy atom. The Hall–Kier alpha value is -5.13. The number of hydrogen-bond acceptors (Lipinski definition) is 2. The molecule has 8 aromatic rings. The van der Waals surface area contributed by atoms with Crippen molar-refractivity contribution in [1.82, 2.24) is 9.13 Å². The maximum Gasteiger partial charge on any atom is 0.208 e. The zero-order valence-electron chi connectivity index (χ0n) is 56.0. The molecule has 0 N–H and O–H groups in total. The van der Waals surface area contributed by atoms with Crippen LogP contribution in [0.5, 0.6) is 0 Å². The molecule has 5 heteroatoms. The average molecular weight is 1270 g/mol. The molecular formula is C90H94N2O2S. The lowest BCUT2D eigenvalue weighted by molar-refractivity contribution is 0.165. The van der Waals surface area contributed by atoms with Gasteiger partial charge in [-0.2, -0.15) is 0 Å². The van der Waals surface area contributed by atoms with Gasteiger partial charge in [0.2, 0.25) is 9.84 Å². The van der Waals surface area contributed by atoms with Crippen LogP contribution >= 0.6 is 0 Å². The maximum absolute atomic E-state index is 17.6. The van der Waals surface area contributed by atoms with Crippen LogP contribution in [0.1, 0.15) is 330 Å². The molecule has 4 nitrogen and oxygen atoms in total. The van der Waals surface area contributed by atoms with E-state index in [4.69, 9.17) is 0 Å². The van der Waals surface area contributed by atoms with Crippen molar-refractivity contribution < 1.29 is 8.42 Å². The predicted octanol–water partition coefficient (Wildman–Crippen LogP) is 23.0. The monoisotopic (exact) mass is 1270 g/mol. The van der Waals surface area contributed by atoms with Crippen LogP contribution in [0.3, 0.4) is 0 Å². The summed E-state index contributed by atoms with van der Waals surface area (Å²) in [5.74, 6) is 16.3. The van der Waals surface area contributed by atoms with E-state index in [1.165, 1.54) is 244 Å². The number of fused-ring (bicyclic) bond motifs is 9. The molecule has 3 heterocycles. The van der Waals surface area contributed by atoms with E-state index in [1.54, 1.807) is 44.5 Å². The summed E-state index contributed by atoms with van der Waals surface area (Å²) in [4.78, 5) is 1.60. The number of hydrogen-bond donors (Lipinski definition) is 0. The molecule has 0 saturated heterocycles. The number of sulfone groups is 1. The first-order valence-corrected chi connectivity index (χ1v) is 42.0. The quantitative estimate of drug-likeness (QED) is 0.173. The van der Waals surface area contributed by atoms with Gasteiger partial charge in [-0.05, 0) is 462 Å². The van der Waals surface area contributed by atoms with Crippen molar-refractivity contribution in [1.29, 1.82) is 0 Å².